The van der Waals surface area contributed by atoms with E-state index in [-0.39, 0.29) is 0 Å². The van der Waals surface area contributed by atoms with Gasteiger partial charge >= 0.3 is 0 Å². The molecule has 1 saturated carbocycles. The molecule has 1 aliphatic rings. The Morgan fingerprint density at radius 1 is 0.846 bits per heavy atom. The zero-order valence-corrected chi connectivity index (χ0v) is 24.5. The fraction of sp³-hybridized carbons (Fsp3) is 0.333. The summed E-state index contributed by atoms with van der Waals surface area (Å²) < 4.78 is 28.9. The average Bonchev–Trinajstić information content (AvgIpc) is 2.96. The summed E-state index contributed by atoms with van der Waals surface area (Å²) in [5, 5.41) is 4.53. The summed E-state index contributed by atoms with van der Waals surface area (Å²) in [5.41, 5.74) is 2.15. The molecule has 1 aliphatic carbocycles. The summed E-state index contributed by atoms with van der Waals surface area (Å²) in [6, 6.07) is 25.3. The lowest BCUT2D eigenvalue weighted by Crippen LogP contribution is -2.32. The Labute approximate surface area is 239 Å². The van der Waals surface area contributed by atoms with E-state index in [1.165, 1.54) is 5.56 Å². The van der Waals surface area contributed by atoms with E-state index < -0.39 is 10.0 Å². The number of benzene rings is 3. The van der Waals surface area contributed by atoms with Gasteiger partial charge in [0, 0.05) is 36.5 Å². The van der Waals surface area contributed by atoms with Crippen LogP contribution in [0.3, 0.4) is 0 Å². The van der Waals surface area contributed by atoms with Gasteiger partial charge < -0.3 is 10.2 Å². The van der Waals surface area contributed by atoms with E-state index in [9.17, 15) is 8.42 Å². The van der Waals surface area contributed by atoms with Crippen LogP contribution in [0.4, 0.5) is 11.8 Å². The molecule has 0 atom stereocenters. The third-order valence-electron chi connectivity index (χ3n) is 7.41. The van der Waals surface area contributed by atoms with Gasteiger partial charge in [-0.05, 0) is 79.5 Å². The molecule has 4 aromatic rings. The quantitative estimate of drug-likeness (QED) is 0.222. The minimum absolute atomic E-state index is 0.299. The standard InChI is InChI=1S/C30H34BrN5O2S/c1-36(21-24-7-3-2-4-8-24)29-27-9-5-6-10-28(27)34-30(35-29)32-19-22-11-13-23(14-12-22)20-33-39(37,38)26-17-15-25(31)16-18-26/h2-10,15-18,22-23,33H,11-14,19-21H2,1H3,(H,32,34,35). The van der Waals surface area contributed by atoms with E-state index in [0.29, 0.717) is 29.2 Å². The lowest BCUT2D eigenvalue weighted by Gasteiger charge is -2.29. The van der Waals surface area contributed by atoms with Crippen molar-refractivity contribution in [2.45, 2.75) is 37.1 Å². The molecule has 1 heterocycles. The molecule has 7 nitrogen and oxygen atoms in total. The van der Waals surface area contributed by atoms with Gasteiger partial charge in [-0.15, -0.1) is 0 Å². The highest BCUT2D eigenvalue weighted by Gasteiger charge is 2.24. The highest BCUT2D eigenvalue weighted by atomic mass is 79.9. The molecule has 0 unspecified atom stereocenters. The maximum Gasteiger partial charge on any atom is 0.240 e. The molecule has 0 spiro atoms. The molecular weight excluding hydrogens is 574 g/mol. The summed E-state index contributed by atoms with van der Waals surface area (Å²) in [6.07, 6.45) is 4.09. The number of sulfonamides is 1. The Morgan fingerprint density at radius 3 is 2.21 bits per heavy atom. The summed E-state index contributed by atoms with van der Waals surface area (Å²) in [5.74, 6) is 2.41. The fourth-order valence-electron chi connectivity index (χ4n) is 5.16. The molecule has 2 N–H and O–H groups in total. The minimum atomic E-state index is -3.49. The normalized spacial score (nSPS) is 17.7. The molecule has 0 amide bonds. The predicted octanol–water partition coefficient (Wildman–Crippen LogP) is 6.23. The van der Waals surface area contributed by atoms with Crippen LogP contribution >= 0.6 is 15.9 Å². The number of nitrogens with one attached hydrogen (secondary N) is 2. The van der Waals surface area contributed by atoms with Gasteiger partial charge in [-0.2, -0.15) is 4.98 Å². The van der Waals surface area contributed by atoms with Gasteiger partial charge in [0.05, 0.1) is 10.4 Å². The smallest absolute Gasteiger partial charge is 0.240 e. The van der Waals surface area contributed by atoms with E-state index in [1.807, 2.05) is 24.3 Å². The van der Waals surface area contributed by atoms with Crippen molar-refractivity contribution < 1.29 is 8.42 Å². The van der Waals surface area contributed by atoms with Crippen molar-refractivity contribution in [2.75, 3.05) is 30.4 Å². The number of aromatic nitrogens is 2. The largest absolute Gasteiger partial charge is 0.355 e. The number of fused-ring (bicyclic) bond motifs is 1. The van der Waals surface area contributed by atoms with Crippen LogP contribution < -0.4 is 14.9 Å². The van der Waals surface area contributed by atoms with Gasteiger partial charge in [0.15, 0.2) is 0 Å². The SMILES string of the molecule is CN(Cc1ccccc1)c1nc(NCC2CCC(CNS(=O)(=O)c3ccc(Br)cc3)CC2)nc2ccccc12. The monoisotopic (exact) mass is 607 g/mol. The van der Waals surface area contributed by atoms with Crippen LogP contribution in [0, 0.1) is 11.8 Å². The molecule has 0 bridgehead atoms. The van der Waals surface area contributed by atoms with Crippen molar-refractivity contribution in [3.8, 4) is 0 Å². The van der Waals surface area contributed by atoms with Gasteiger partial charge in [0.2, 0.25) is 16.0 Å². The highest BCUT2D eigenvalue weighted by molar-refractivity contribution is 9.10. The molecule has 204 valence electrons. The molecule has 3 aromatic carbocycles. The van der Waals surface area contributed by atoms with Gasteiger partial charge in [-0.25, -0.2) is 18.1 Å². The lowest BCUT2D eigenvalue weighted by molar-refractivity contribution is 0.284. The first kappa shape index (κ1) is 27.6. The van der Waals surface area contributed by atoms with Crippen LogP contribution in [0.2, 0.25) is 0 Å². The van der Waals surface area contributed by atoms with Crippen molar-refractivity contribution in [3.05, 3.63) is 88.9 Å². The van der Waals surface area contributed by atoms with Crippen LogP contribution in [-0.2, 0) is 16.6 Å². The lowest BCUT2D eigenvalue weighted by atomic mass is 9.82. The first-order valence-electron chi connectivity index (χ1n) is 13.4. The van der Waals surface area contributed by atoms with E-state index in [2.05, 4.69) is 68.2 Å². The number of para-hydroxylation sites is 1. The zero-order chi connectivity index (χ0) is 27.2. The average molecular weight is 609 g/mol. The summed E-state index contributed by atoms with van der Waals surface area (Å²) in [4.78, 5) is 12.2. The fourth-order valence-corrected chi connectivity index (χ4v) is 6.54. The Kier molecular flexibility index (Phi) is 8.79. The number of hydrogen-bond donors (Lipinski definition) is 2. The van der Waals surface area contributed by atoms with Crippen LogP contribution in [0.25, 0.3) is 10.9 Å². The van der Waals surface area contributed by atoms with Gasteiger partial charge in [0.25, 0.3) is 0 Å². The minimum Gasteiger partial charge on any atom is -0.355 e. The van der Waals surface area contributed by atoms with Gasteiger partial charge in [-0.3, -0.25) is 0 Å². The van der Waals surface area contributed by atoms with E-state index in [4.69, 9.17) is 9.97 Å². The van der Waals surface area contributed by atoms with Crippen LogP contribution in [-0.4, -0.2) is 38.5 Å². The highest BCUT2D eigenvalue weighted by Crippen LogP contribution is 2.30. The number of hydrogen-bond acceptors (Lipinski definition) is 6. The predicted molar refractivity (Wildman–Crippen MR) is 161 cm³/mol. The molecule has 1 fully saturated rings. The molecule has 39 heavy (non-hydrogen) atoms. The molecule has 0 saturated heterocycles. The van der Waals surface area contributed by atoms with Crippen molar-refractivity contribution in [1.29, 1.82) is 0 Å². The zero-order valence-electron chi connectivity index (χ0n) is 22.1. The molecule has 9 heteroatoms. The van der Waals surface area contributed by atoms with E-state index in [1.54, 1.807) is 24.3 Å². The first-order valence-corrected chi connectivity index (χ1v) is 15.7. The number of rotatable bonds is 10. The summed E-state index contributed by atoms with van der Waals surface area (Å²) in [6.45, 7) is 2.04. The first-order chi connectivity index (χ1) is 18.9. The maximum absolute atomic E-state index is 12.6. The van der Waals surface area contributed by atoms with Crippen LogP contribution in [0.5, 0.6) is 0 Å². The number of halogens is 1. The molecule has 5 rings (SSSR count). The number of nitrogens with zero attached hydrogens (tertiary/aromatic N) is 3. The molecular formula is C30H34BrN5O2S. The third kappa shape index (κ3) is 7.15. The molecule has 0 radical (unpaired) electrons. The summed E-state index contributed by atoms with van der Waals surface area (Å²) in [7, 11) is -1.42. The second-order valence-corrected chi connectivity index (χ2v) is 13.0. The molecule has 1 aromatic heterocycles. The third-order valence-corrected chi connectivity index (χ3v) is 9.38. The van der Waals surface area contributed by atoms with E-state index in [0.717, 1.165) is 60.0 Å². The molecule has 0 aliphatic heterocycles. The Hall–Kier alpha value is -3.01. The van der Waals surface area contributed by atoms with Crippen molar-refractivity contribution in [3.63, 3.8) is 0 Å². The van der Waals surface area contributed by atoms with Gasteiger partial charge in [0.1, 0.15) is 5.82 Å². The maximum atomic E-state index is 12.6. The van der Waals surface area contributed by atoms with Crippen LogP contribution in [0.15, 0.2) is 88.2 Å². The Morgan fingerprint density at radius 2 is 1.49 bits per heavy atom. The second kappa shape index (κ2) is 12.4. The van der Waals surface area contributed by atoms with Gasteiger partial charge in [-0.1, -0.05) is 58.4 Å². The number of anilines is 2. The van der Waals surface area contributed by atoms with Crippen molar-refractivity contribution in [1.82, 2.24) is 14.7 Å². The Balaban J connectivity index is 1.16. The Bertz CT molecular complexity index is 1490. The van der Waals surface area contributed by atoms with E-state index >= 15 is 0 Å². The van der Waals surface area contributed by atoms with Crippen molar-refractivity contribution >= 4 is 48.6 Å². The summed E-state index contributed by atoms with van der Waals surface area (Å²) >= 11 is 3.35. The van der Waals surface area contributed by atoms with Crippen LogP contribution in [0.1, 0.15) is 31.2 Å². The topological polar surface area (TPSA) is 87.2 Å². The van der Waals surface area contributed by atoms with Crippen molar-refractivity contribution in [2.24, 2.45) is 11.8 Å². The second-order valence-electron chi connectivity index (χ2n) is 10.3.